The zero-order valence-corrected chi connectivity index (χ0v) is 14.8. The molecule has 7 heteroatoms. The number of nitrogens with zero attached hydrogens (tertiary/aromatic N) is 3. The third-order valence-electron chi connectivity index (χ3n) is 3.78. The number of hydrogen-bond acceptors (Lipinski definition) is 6. The van der Waals surface area contributed by atoms with Crippen LogP contribution in [0.2, 0.25) is 0 Å². The molecule has 0 fully saturated rings. The minimum atomic E-state index is -0.298. The second kappa shape index (κ2) is 8.35. The van der Waals surface area contributed by atoms with E-state index in [9.17, 15) is 4.79 Å². The molecule has 134 valence electrons. The number of carbonyl (C=O) groups excluding carboxylic acids is 1. The third-order valence-corrected chi connectivity index (χ3v) is 3.78. The first-order valence-corrected chi connectivity index (χ1v) is 8.41. The first-order valence-electron chi connectivity index (χ1n) is 8.41. The van der Waals surface area contributed by atoms with Gasteiger partial charge in [0.25, 0.3) is 5.91 Å². The van der Waals surface area contributed by atoms with Crippen LogP contribution >= 0.6 is 0 Å². The Bertz CT molecular complexity index is 908. The van der Waals surface area contributed by atoms with Crippen LogP contribution in [-0.4, -0.2) is 41.1 Å². The van der Waals surface area contributed by atoms with E-state index in [4.69, 9.17) is 4.74 Å². The maximum Gasteiger partial charge on any atom is 0.274 e. The summed E-state index contributed by atoms with van der Waals surface area (Å²) < 4.78 is 5.02. The standard InChI is InChI=1S/C19H21N5O2/c1-13-12-16(24-19(22-13)21-10-5-11-26-2)18(25)23-15-8-3-6-14-7-4-9-20-17(14)15/h3-4,6-9,12H,5,10-11H2,1-2H3,(H,23,25)(H,21,22,24). The van der Waals surface area contributed by atoms with Gasteiger partial charge in [0.05, 0.1) is 11.2 Å². The van der Waals surface area contributed by atoms with Gasteiger partial charge in [-0.05, 0) is 31.5 Å². The van der Waals surface area contributed by atoms with Crippen LogP contribution < -0.4 is 10.6 Å². The lowest BCUT2D eigenvalue weighted by Gasteiger charge is -2.10. The van der Waals surface area contributed by atoms with Crippen LogP contribution in [0.15, 0.2) is 42.6 Å². The number of rotatable bonds is 7. The maximum atomic E-state index is 12.7. The van der Waals surface area contributed by atoms with Gasteiger partial charge in [-0.2, -0.15) is 0 Å². The zero-order valence-electron chi connectivity index (χ0n) is 14.8. The van der Waals surface area contributed by atoms with Crippen molar-refractivity contribution in [3.63, 3.8) is 0 Å². The third kappa shape index (κ3) is 4.31. The fourth-order valence-corrected chi connectivity index (χ4v) is 2.57. The molecule has 0 aliphatic carbocycles. The molecule has 3 rings (SSSR count). The molecule has 3 aromatic rings. The van der Waals surface area contributed by atoms with Gasteiger partial charge in [-0.3, -0.25) is 9.78 Å². The number of fused-ring (bicyclic) bond motifs is 1. The highest BCUT2D eigenvalue weighted by Gasteiger charge is 2.12. The molecule has 0 saturated carbocycles. The summed E-state index contributed by atoms with van der Waals surface area (Å²) in [5.41, 5.74) is 2.42. The molecule has 0 aliphatic heterocycles. The number of methoxy groups -OCH3 is 1. The first kappa shape index (κ1) is 17.8. The van der Waals surface area contributed by atoms with Crippen molar-refractivity contribution >= 4 is 28.4 Å². The summed E-state index contributed by atoms with van der Waals surface area (Å²) in [6.45, 7) is 3.16. The van der Waals surface area contributed by atoms with E-state index in [0.29, 0.717) is 30.5 Å². The minimum Gasteiger partial charge on any atom is -0.385 e. The molecule has 0 unspecified atom stereocenters. The molecule has 0 aliphatic rings. The summed E-state index contributed by atoms with van der Waals surface area (Å²) in [6.07, 6.45) is 2.53. The molecular weight excluding hydrogens is 330 g/mol. The lowest BCUT2D eigenvalue weighted by atomic mass is 10.2. The van der Waals surface area contributed by atoms with E-state index in [1.165, 1.54) is 0 Å². The smallest absolute Gasteiger partial charge is 0.274 e. The molecule has 0 saturated heterocycles. The lowest BCUT2D eigenvalue weighted by Crippen LogP contribution is -2.17. The van der Waals surface area contributed by atoms with Crippen LogP contribution in [-0.2, 0) is 4.74 Å². The molecule has 7 nitrogen and oxygen atoms in total. The average molecular weight is 351 g/mol. The Balaban J connectivity index is 1.77. The molecule has 26 heavy (non-hydrogen) atoms. The van der Waals surface area contributed by atoms with Crippen molar-refractivity contribution in [3.05, 3.63) is 54.0 Å². The van der Waals surface area contributed by atoms with Gasteiger partial charge in [-0.25, -0.2) is 9.97 Å². The Kier molecular flexibility index (Phi) is 5.70. The van der Waals surface area contributed by atoms with Crippen molar-refractivity contribution in [2.24, 2.45) is 0 Å². The fraction of sp³-hybridized carbons (Fsp3) is 0.263. The number of anilines is 2. The van der Waals surface area contributed by atoms with Gasteiger partial charge < -0.3 is 15.4 Å². The molecule has 1 amide bonds. The summed E-state index contributed by atoms with van der Waals surface area (Å²) in [4.78, 5) is 25.6. The van der Waals surface area contributed by atoms with Gasteiger partial charge >= 0.3 is 0 Å². The van der Waals surface area contributed by atoms with E-state index >= 15 is 0 Å². The Hall–Kier alpha value is -3.06. The molecule has 0 spiro atoms. The summed E-state index contributed by atoms with van der Waals surface area (Å²) in [7, 11) is 1.66. The van der Waals surface area contributed by atoms with Crippen molar-refractivity contribution < 1.29 is 9.53 Å². The summed E-state index contributed by atoms with van der Waals surface area (Å²) >= 11 is 0. The van der Waals surface area contributed by atoms with Crippen LogP contribution in [0.1, 0.15) is 22.6 Å². The highest BCUT2D eigenvalue weighted by Crippen LogP contribution is 2.21. The second-order valence-electron chi connectivity index (χ2n) is 5.83. The predicted molar refractivity (Wildman–Crippen MR) is 101 cm³/mol. The van der Waals surface area contributed by atoms with Crippen molar-refractivity contribution in [2.75, 3.05) is 30.9 Å². The van der Waals surface area contributed by atoms with Crippen LogP contribution in [0.4, 0.5) is 11.6 Å². The summed E-state index contributed by atoms with van der Waals surface area (Å²) in [5.74, 6) is 0.135. The van der Waals surface area contributed by atoms with Gasteiger partial charge in [0, 0.05) is 37.5 Å². The summed E-state index contributed by atoms with van der Waals surface area (Å²) in [6, 6.07) is 11.1. The molecule has 1 aromatic carbocycles. The molecule has 2 aromatic heterocycles. The number of aromatic nitrogens is 3. The lowest BCUT2D eigenvalue weighted by molar-refractivity contribution is 0.102. The highest BCUT2D eigenvalue weighted by molar-refractivity contribution is 6.07. The Morgan fingerprint density at radius 2 is 2.04 bits per heavy atom. The minimum absolute atomic E-state index is 0.298. The molecule has 2 heterocycles. The summed E-state index contributed by atoms with van der Waals surface area (Å²) in [5, 5.41) is 6.97. The van der Waals surface area contributed by atoms with Crippen molar-refractivity contribution in [2.45, 2.75) is 13.3 Å². The number of aryl methyl sites for hydroxylation is 1. The van der Waals surface area contributed by atoms with E-state index in [1.54, 1.807) is 19.4 Å². The second-order valence-corrected chi connectivity index (χ2v) is 5.83. The van der Waals surface area contributed by atoms with Crippen molar-refractivity contribution in [1.82, 2.24) is 15.0 Å². The van der Waals surface area contributed by atoms with Crippen LogP contribution in [0.5, 0.6) is 0 Å². The number of pyridine rings is 1. The largest absolute Gasteiger partial charge is 0.385 e. The number of amides is 1. The van der Waals surface area contributed by atoms with Gasteiger partial charge in [-0.1, -0.05) is 18.2 Å². The molecule has 0 atom stereocenters. The number of carbonyl (C=O) groups is 1. The van der Waals surface area contributed by atoms with Crippen LogP contribution in [0.25, 0.3) is 10.9 Å². The number of hydrogen-bond donors (Lipinski definition) is 2. The monoisotopic (exact) mass is 351 g/mol. The Labute approximate surface area is 151 Å². The number of nitrogens with one attached hydrogen (secondary N) is 2. The van der Waals surface area contributed by atoms with Crippen LogP contribution in [0.3, 0.4) is 0 Å². The zero-order chi connectivity index (χ0) is 18.4. The predicted octanol–water partition coefficient (Wildman–Crippen LogP) is 3.03. The number of benzene rings is 1. The normalized spacial score (nSPS) is 10.7. The molecule has 0 bridgehead atoms. The van der Waals surface area contributed by atoms with Gasteiger partial charge in [0.1, 0.15) is 5.69 Å². The quantitative estimate of drug-likeness (QED) is 0.636. The topological polar surface area (TPSA) is 89.0 Å². The van der Waals surface area contributed by atoms with Gasteiger partial charge in [0.15, 0.2) is 0 Å². The number of ether oxygens (including phenoxy) is 1. The van der Waals surface area contributed by atoms with Crippen LogP contribution in [0, 0.1) is 6.92 Å². The SMILES string of the molecule is COCCCNc1nc(C)cc(C(=O)Nc2cccc3cccnc23)n1. The van der Waals surface area contributed by atoms with E-state index < -0.39 is 0 Å². The van der Waals surface area contributed by atoms with Crippen molar-refractivity contribution in [1.29, 1.82) is 0 Å². The number of para-hydroxylation sites is 1. The Morgan fingerprint density at radius 3 is 2.88 bits per heavy atom. The molecular formula is C19H21N5O2. The fourth-order valence-electron chi connectivity index (χ4n) is 2.57. The highest BCUT2D eigenvalue weighted by atomic mass is 16.5. The van der Waals surface area contributed by atoms with Gasteiger partial charge in [-0.15, -0.1) is 0 Å². The van der Waals surface area contributed by atoms with E-state index in [-0.39, 0.29) is 5.91 Å². The van der Waals surface area contributed by atoms with E-state index in [2.05, 4.69) is 25.6 Å². The van der Waals surface area contributed by atoms with Crippen molar-refractivity contribution in [3.8, 4) is 0 Å². The Morgan fingerprint density at radius 1 is 1.19 bits per heavy atom. The van der Waals surface area contributed by atoms with E-state index in [0.717, 1.165) is 23.0 Å². The average Bonchev–Trinajstić information content (AvgIpc) is 2.65. The van der Waals surface area contributed by atoms with E-state index in [1.807, 2.05) is 37.3 Å². The first-order chi connectivity index (χ1) is 12.7. The maximum absolute atomic E-state index is 12.7. The molecule has 0 radical (unpaired) electrons. The van der Waals surface area contributed by atoms with Gasteiger partial charge in [0.2, 0.25) is 5.95 Å². The molecule has 2 N–H and O–H groups in total.